The number of hydrogen-bond donors (Lipinski definition) is 6. The monoisotopic (exact) mass is 725 g/mol. The molecule has 0 unspecified atom stereocenters. The number of ether oxygens (including phenoxy) is 1. The van der Waals surface area contributed by atoms with Crippen LogP contribution in [0.1, 0.15) is 126 Å². The molecule has 1 aliphatic heterocycles. The van der Waals surface area contributed by atoms with Crippen LogP contribution < -0.4 is 27.0 Å². The molecule has 0 bridgehead atoms. The maximum atomic E-state index is 14.1. The molecule has 0 aliphatic carbocycles. The molecule has 9 atom stereocenters. The molecule has 1 aliphatic rings. The third-order valence-electron chi connectivity index (χ3n) is 9.81. The minimum atomic E-state index is -1.50. The number of hydrogen-bond acceptors (Lipinski definition) is 9. The predicted molar refractivity (Wildman–Crippen MR) is 196 cm³/mol. The zero-order valence-electron chi connectivity index (χ0n) is 32.6. The summed E-state index contributed by atoms with van der Waals surface area (Å²) in [6.07, 6.45) is 7.40. The first-order valence-electron chi connectivity index (χ1n) is 19.1. The fourth-order valence-electron chi connectivity index (χ4n) is 6.13. The van der Waals surface area contributed by atoms with Gasteiger partial charge < -0.3 is 41.7 Å². The number of aliphatic hydroxyl groups is 1. The molecule has 1 saturated heterocycles. The van der Waals surface area contributed by atoms with Gasteiger partial charge in [-0.05, 0) is 44.9 Å². The van der Waals surface area contributed by atoms with Crippen LogP contribution in [0.15, 0.2) is 0 Å². The molecule has 0 aromatic carbocycles. The summed E-state index contributed by atoms with van der Waals surface area (Å²) >= 11 is 0. The second kappa shape index (κ2) is 23.3. The lowest BCUT2D eigenvalue weighted by Crippen LogP contribution is -2.62. The molecule has 14 heteroatoms. The largest absolute Gasteiger partial charge is 0.460 e. The molecule has 1 heterocycles. The summed E-state index contributed by atoms with van der Waals surface area (Å²) in [6.45, 7) is 13.7. The standard InChI is InChI=1S/C37H68N6O8/c1-10-12-13-14-15-16-17-18-19-29-24(6)36(49)43(9)28(20-22(3)4)33(46)41-30(23(5)11-2)34(47)40-27(21-38)32(45)42-31(26(8)44)35(48)39-25(7)37(50)51-29/h22-31,44H,10-21,38H2,1-9H3,(H,39,48)(H,40,47)(H,41,46)(H,42,45)/t23-,24+,25+,26-,27-,28-,29+,30-,31-/m0/s1. The van der Waals surface area contributed by atoms with Crippen LogP contribution in [0.25, 0.3) is 0 Å². The summed E-state index contributed by atoms with van der Waals surface area (Å²) in [6, 6.07) is -6.02. The average molecular weight is 725 g/mol. The number of nitrogens with two attached hydrogens (primary N) is 1. The zero-order valence-corrected chi connectivity index (χ0v) is 32.6. The molecule has 1 rings (SSSR count). The van der Waals surface area contributed by atoms with Crippen LogP contribution in [-0.4, -0.2) is 102 Å². The van der Waals surface area contributed by atoms with E-state index in [4.69, 9.17) is 10.5 Å². The van der Waals surface area contributed by atoms with Gasteiger partial charge in [0.2, 0.25) is 29.5 Å². The molecule has 1 fully saturated rings. The number of carbonyl (C=O) groups excluding carboxylic acids is 6. The highest BCUT2D eigenvalue weighted by atomic mass is 16.5. The predicted octanol–water partition coefficient (Wildman–Crippen LogP) is 2.30. The summed E-state index contributed by atoms with van der Waals surface area (Å²) in [5.74, 6) is -5.27. The lowest BCUT2D eigenvalue weighted by atomic mass is 9.94. The highest BCUT2D eigenvalue weighted by Gasteiger charge is 2.39. The molecule has 5 amide bonds. The quantitative estimate of drug-likeness (QED) is 0.108. The van der Waals surface area contributed by atoms with E-state index >= 15 is 0 Å². The number of carbonyl (C=O) groups is 6. The maximum absolute atomic E-state index is 14.1. The van der Waals surface area contributed by atoms with Crippen molar-refractivity contribution in [3.8, 4) is 0 Å². The van der Waals surface area contributed by atoms with Crippen molar-refractivity contribution in [3.05, 3.63) is 0 Å². The van der Waals surface area contributed by atoms with Crippen LogP contribution in [0.5, 0.6) is 0 Å². The van der Waals surface area contributed by atoms with Crippen molar-refractivity contribution in [1.29, 1.82) is 0 Å². The molecule has 0 spiro atoms. The molecule has 294 valence electrons. The van der Waals surface area contributed by atoms with Gasteiger partial charge in [0.15, 0.2) is 0 Å². The number of unbranched alkanes of at least 4 members (excludes halogenated alkanes) is 7. The molecule has 51 heavy (non-hydrogen) atoms. The number of aliphatic hydroxyl groups excluding tert-OH is 1. The van der Waals surface area contributed by atoms with E-state index in [1.807, 2.05) is 20.8 Å². The summed E-state index contributed by atoms with van der Waals surface area (Å²) in [4.78, 5) is 83.0. The first-order chi connectivity index (χ1) is 24.0. The van der Waals surface area contributed by atoms with E-state index in [0.717, 1.165) is 25.7 Å². The van der Waals surface area contributed by atoms with E-state index in [0.29, 0.717) is 25.7 Å². The minimum Gasteiger partial charge on any atom is -0.460 e. The van der Waals surface area contributed by atoms with Gasteiger partial charge in [-0.1, -0.05) is 92.9 Å². The number of likely N-dealkylation sites (N-methyl/N-ethyl adjacent to an activating group) is 1. The van der Waals surface area contributed by atoms with E-state index in [2.05, 4.69) is 28.2 Å². The maximum Gasteiger partial charge on any atom is 0.328 e. The van der Waals surface area contributed by atoms with E-state index in [1.54, 1.807) is 13.8 Å². The van der Waals surface area contributed by atoms with E-state index in [-0.39, 0.29) is 18.4 Å². The number of amides is 5. The SMILES string of the molecule is CCCCCCCCCC[C@H]1OC(=O)[C@@H](C)NC(=O)[C@H]([C@H](C)O)NC(=O)[C@H](CN)NC(=O)[C@H]([C@@H](C)CC)NC(=O)[C@H](CC(C)C)N(C)C(=O)[C@@H]1C. The number of rotatable bonds is 15. The second-order valence-electron chi connectivity index (χ2n) is 14.7. The Hall–Kier alpha value is -3.26. The number of nitrogens with zero attached hydrogens (tertiary/aromatic N) is 1. The molecule has 0 saturated carbocycles. The molecule has 0 aromatic heterocycles. The normalized spacial score (nSPS) is 27.7. The van der Waals surface area contributed by atoms with E-state index in [1.165, 1.54) is 45.1 Å². The van der Waals surface area contributed by atoms with Crippen molar-refractivity contribution in [1.82, 2.24) is 26.2 Å². The highest BCUT2D eigenvalue weighted by Crippen LogP contribution is 2.23. The van der Waals surface area contributed by atoms with Gasteiger partial charge in [0.1, 0.15) is 36.3 Å². The average Bonchev–Trinajstić information content (AvgIpc) is 3.08. The van der Waals surface area contributed by atoms with E-state index < -0.39 is 83.8 Å². The lowest BCUT2D eigenvalue weighted by Gasteiger charge is -2.34. The number of nitrogens with one attached hydrogen (secondary N) is 4. The van der Waals surface area contributed by atoms with Crippen molar-refractivity contribution in [2.24, 2.45) is 23.5 Å². The fraction of sp³-hybridized carbons (Fsp3) is 0.838. The summed E-state index contributed by atoms with van der Waals surface area (Å²) in [5.41, 5.74) is 5.85. The zero-order chi connectivity index (χ0) is 38.8. The van der Waals surface area contributed by atoms with Crippen molar-refractivity contribution in [2.45, 2.75) is 168 Å². The van der Waals surface area contributed by atoms with Crippen LogP contribution in [0.4, 0.5) is 0 Å². The van der Waals surface area contributed by atoms with Crippen molar-refractivity contribution >= 4 is 35.5 Å². The highest BCUT2D eigenvalue weighted by molar-refractivity contribution is 5.96. The molecule has 0 aromatic rings. The Morgan fingerprint density at radius 2 is 1.31 bits per heavy atom. The number of esters is 1. The van der Waals surface area contributed by atoms with Gasteiger partial charge in [-0.2, -0.15) is 0 Å². The molecular formula is C37H68N6O8. The Labute approximate surface area is 305 Å². The summed E-state index contributed by atoms with van der Waals surface area (Å²) in [7, 11) is 1.54. The van der Waals surface area contributed by atoms with Crippen LogP contribution in [0.2, 0.25) is 0 Å². The molecular weight excluding hydrogens is 656 g/mol. The fourth-order valence-corrected chi connectivity index (χ4v) is 6.13. The van der Waals surface area contributed by atoms with Crippen LogP contribution in [0.3, 0.4) is 0 Å². The molecule has 0 radical (unpaired) electrons. The summed E-state index contributed by atoms with van der Waals surface area (Å²) in [5, 5.41) is 20.7. The van der Waals surface area contributed by atoms with Gasteiger partial charge in [0.05, 0.1) is 12.0 Å². The van der Waals surface area contributed by atoms with Gasteiger partial charge in [-0.25, -0.2) is 4.79 Å². The number of cyclic esters (lactones) is 1. The van der Waals surface area contributed by atoms with Crippen molar-refractivity contribution in [2.75, 3.05) is 13.6 Å². The molecule has 7 N–H and O–H groups in total. The minimum absolute atomic E-state index is 0.00591. The van der Waals surface area contributed by atoms with Gasteiger partial charge in [-0.15, -0.1) is 0 Å². The van der Waals surface area contributed by atoms with Gasteiger partial charge in [0, 0.05) is 13.6 Å². The van der Waals surface area contributed by atoms with Crippen LogP contribution in [0, 0.1) is 17.8 Å². The van der Waals surface area contributed by atoms with Crippen LogP contribution >= 0.6 is 0 Å². The lowest BCUT2D eigenvalue weighted by molar-refractivity contribution is -0.160. The Morgan fingerprint density at radius 3 is 1.84 bits per heavy atom. The van der Waals surface area contributed by atoms with E-state index in [9.17, 15) is 33.9 Å². The Morgan fingerprint density at radius 1 is 0.765 bits per heavy atom. The summed E-state index contributed by atoms with van der Waals surface area (Å²) < 4.78 is 5.92. The van der Waals surface area contributed by atoms with Gasteiger partial charge >= 0.3 is 5.97 Å². The first kappa shape index (κ1) is 45.8. The Bertz CT molecular complexity index is 1130. The third-order valence-corrected chi connectivity index (χ3v) is 9.81. The van der Waals surface area contributed by atoms with Gasteiger partial charge in [0.25, 0.3) is 0 Å². The van der Waals surface area contributed by atoms with Gasteiger partial charge in [-0.3, -0.25) is 24.0 Å². The molecule has 14 nitrogen and oxygen atoms in total. The first-order valence-corrected chi connectivity index (χ1v) is 19.1. The third kappa shape index (κ3) is 15.1. The van der Waals surface area contributed by atoms with Crippen molar-refractivity contribution < 1.29 is 38.6 Å². The second-order valence-corrected chi connectivity index (χ2v) is 14.7. The van der Waals surface area contributed by atoms with Crippen LogP contribution in [-0.2, 0) is 33.5 Å². The smallest absolute Gasteiger partial charge is 0.328 e. The van der Waals surface area contributed by atoms with Crippen molar-refractivity contribution in [3.63, 3.8) is 0 Å². The topological polar surface area (TPSA) is 209 Å². The Kier molecular flexibility index (Phi) is 20.9. The Balaban J connectivity index is 3.58.